The van der Waals surface area contributed by atoms with Crippen LogP contribution >= 0.6 is 15.9 Å². The predicted molar refractivity (Wildman–Crippen MR) is 86.8 cm³/mol. The molecule has 1 heterocycles. The van der Waals surface area contributed by atoms with E-state index in [4.69, 9.17) is 23.7 Å². The molecule has 0 aliphatic carbocycles. The lowest BCUT2D eigenvalue weighted by Crippen LogP contribution is -2.38. The topological polar surface area (TPSA) is 80.3 Å². The van der Waals surface area contributed by atoms with Gasteiger partial charge in [0.05, 0.1) is 26.2 Å². The molecule has 0 amide bonds. The summed E-state index contributed by atoms with van der Waals surface area (Å²) in [6.07, 6.45) is -2.46. The molecular weight excluding hydrogens is 384 g/mol. The van der Waals surface area contributed by atoms with Crippen molar-refractivity contribution in [3.63, 3.8) is 0 Å². The molecule has 0 spiro atoms. The first kappa shape index (κ1) is 18.7. The second kappa shape index (κ2) is 7.50. The van der Waals surface area contributed by atoms with Gasteiger partial charge in [-0.25, -0.2) is 9.59 Å². The van der Waals surface area contributed by atoms with Crippen molar-refractivity contribution in [2.75, 3.05) is 21.3 Å². The van der Waals surface area contributed by atoms with Gasteiger partial charge in [0.2, 0.25) is 5.79 Å². The van der Waals surface area contributed by atoms with Crippen LogP contribution in [0.3, 0.4) is 0 Å². The highest BCUT2D eigenvalue weighted by atomic mass is 79.9. The van der Waals surface area contributed by atoms with Gasteiger partial charge in [-0.2, -0.15) is 0 Å². The highest BCUT2D eigenvalue weighted by Gasteiger charge is 2.57. The maximum Gasteiger partial charge on any atom is 0.338 e. The fourth-order valence-electron chi connectivity index (χ4n) is 2.48. The summed E-state index contributed by atoms with van der Waals surface area (Å²) in [5.74, 6) is -2.13. The van der Waals surface area contributed by atoms with E-state index in [9.17, 15) is 9.59 Å². The Morgan fingerprint density at radius 1 is 1.04 bits per heavy atom. The third-order valence-corrected chi connectivity index (χ3v) is 4.36. The smallest absolute Gasteiger partial charge is 0.338 e. The van der Waals surface area contributed by atoms with Crippen molar-refractivity contribution < 1.29 is 33.3 Å². The average Bonchev–Trinajstić information content (AvgIpc) is 3.02. The van der Waals surface area contributed by atoms with Crippen molar-refractivity contribution in [3.05, 3.63) is 29.8 Å². The van der Waals surface area contributed by atoms with Gasteiger partial charge in [0.15, 0.2) is 12.2 Å². The molecule has 1 aromatic rings. The van der Waals surface area contributed by atoms with Gasteiger partial charge in [-0.05, 0) is 31.2 Å². The first-order chi connectivity index (χ1) is 11.4. The van der Waals surface area contributed by atoms with E-state index in [2.05, 4.69) is 15.9 Å². The Morgan fingerprint density at radius 3 is 1.83 bits per heavy atom. The molecule has 1 fully saturated rings. The number of benzene rings is 1. The van der Waals surface area contributed by atoms with Crippen LogP contribution in [0.1, 0.15) is 12.5 Å². The molecule has 0 saturated carbocycles. The molecule has 24 heavy (non-hydrogen) atoms. The third kappa shape index (κ3) is 3.26. The number of hydrogen-bond donors (Lipinski definition) is 0. The number of rotatable bonds is 5. The van der Waals surface area contributed by atoms with Crippen molar-refractivity contribution in [3.8, 4) is 5.75 Å². The van der Waals surface area contributed by atoms with Gasteiger partial charge >= 0.3 is 11.9 Å². The Balaban J connectivity index is 2.45. The minimum absolute atomic E-state index is 0.375. The number of hydrogen-bond acceptors (Lipinski definition) is 7. The van der Waals surface area contributed by atoms with Crippen molar-refractivity contribution in [2.24, 2.45) is 0 Å². The van der Waals surface area contributed by atoms with Crippen LogP contribution in [0.25, 0.3) is 0 Å². The summed E-state index contributed by atoms with van der Waals surface area (Å²) in [6.45, 7) is 1.79. The lowest BCUT2D eigenvalue weighted by Gasteiger charge is -2.31. The third-order valence-electron chi connectivity index (χ3n) is 3.76. The summed E-state index contributed by atoms with van der Waals surface area (Å²) >= 11 is 3.44. The molecule has 1 saturated heterocycles. The van der Waals surface area contributed by atoms with Crippen molar-refractivity contribution >= 4 is 27.9 Å². The fraction of sp³-hybridized carbons (Fsp3) is 0.500. The summed E-state index contributed by atoms with van der Waals surface area (Å²) in [7, 11) is 3.98. The number of methoxy groups -OCH3 is 3. The van der Waals surface area contributed by atoms with Gasteiger partial charge in [-0.15, -0.1) is 0 Å². The highest BCUT2D eigenvalue weighted by Crippen LogP contribution is 2.44. The Kier molecular flexibility index (Phi) is 5.84. The zero-order chi connectivity index (χ0) is 17.9. The van der Waals surface area contributed by atoms with E-state index in [0.29, 0.717) is 11.3 Å². The average molecular weight is 403 g/mol. The van der Waals surface area contributed by atoms with Crippen molar-refractivity contribution in [2.45, 2.75) is 29.7 Å². The number of carbonyl (C=O) groups excluding carboxylic acids is 2. The van der Waals surface area contributed by atoms with E-state index in [1.54, 1.807) is 38.3 Å². The molecule has 132 valence electrons. The molecule has 0 unspecified atom stereocenters. The predicted octanol–water partition coefficient (Wildman–Crippen LogP) is 1.76. The molecule has 1 aliphatic heterocycles. The SMILES string of the molecule is COC(=O)[C@@H]1OC(c2ccc(OC)cc2)([C@H](C)Br)O[C@H]1C(=O)OC. The number of esters is 2. The van der Waals surface area contributed by atoms with Crippen LogP contribution in [0.4, 0.5) is 0 Å². The Morgan fingerprint density at radius 2 is 1.50 bits per heavy atom. The van der Waals surface area contributed by atoms with Crippen LogP contribution in [0.5, 0.6) is 5.75 Å². The molecule has 7 nitrogen and oxygen atoms in total. The molecular formula is C16H19BrO7. The molecule has 0 bridgehead atoms. The fourth-order valence-corrected chi connectivity index (χ4v) is 2.96. The molecule has 1 aromatic carbocycles. The van der Waals surface area contributed by atoms with Gasteiger partial charge in [0, 0.05) is 5.56 Å². The van der Waals surface area contributed by atoms with E-state index in [-0.39, 0.29) is 4.83 Å². The van der Waals surface area contributed by atoms with Gasteiger partial charge < -0.3 is 23.7 Å². The first-order valence-electron chi connectivity index (χ1n) is 7.19. The van der Waals surface area contributed by atoms with Crippen LogP contribution in [0.15, 0.2) is 24.3 Å². The second-order valence-corrected chi connectivity index (χ2v) is 6.51. The van der Waals surface area contributed by atoms with E-state index >= 15 is 0 Å². The number of ether oxygens (including phenoxy) is 5. The second-order valence-electron chi connectivity index (χ2n) is 5.14. The largest absolute Gasteiger partial charge is 0.497 e. The zero-order valence-electron chi connectivity index (χ0n) is 13.8. The van der Waals surface area contributed by atoms with Crippen LogP contribution in [-0.2, 0) is 34.3 Å². The Labute approximate surface area is 148 Å². The summed E-state index contributed by atoms with van der Waals surface area (Å²) in [6, 6.07) is 6.95. The van der Waals surface area contributed by atoms with Crippen LogP contribution < -0.4 is 4.74 Å². The molecule has 1 aliphatic rings. The molecule has 0 aromatic heterocycles. The first-order valence-corrected chi connectivity index (χ1v) is 8.11. The standard InChI is InChI=1S/C16H19BrO7/c1-9(17)16(10-5-7-11(20-2)8-6-10)23-12(14(18)21-3)13(24-16)15(19)22-4/h5-9,12-13H,1-4H3/t9-,12+,13+/m0/s1. The van der Waals surface area contributed by atoms with Crippen LogP contribution in [0.2, 0.25) is 0 Å². The van der Waals surface area contributed by atoms with E-state index in [0.717, 1.165) is 0 Å². The Hall–Kier alpha value is -1.64. The van der Waals surface area contributed by atoms with Gasteiger partial charge in [-0.1, -0.05) is 15.9 Å². The summed E-state index contributed by atoms with van der Waals surface area (Å²) < 4.78 is 26.3. The van der Waals surface area contributed by atoms with Gasteiger partial charge in [0.25, 0.3) is 0 Å². The minimum atomic E-state index is -1.36. The summed E-state index contributed by atoms with van der Waals surface area (Å²) in [4.78, 5) is 23.7. The van der Waals surface area contributed by atoms with Crippen LogP contribution in [-0.4, -0.2) is 50.3 Å². The lowest BCUT2D eigenvalue weighted by atomic mass is 10.0. The maximum atomic E-state index is 12.0. The van der Waals surface area contributed by atoms with E-state index in [1.807, 2.05) is 0 Å². The molecule has 0 N–H and O–H groups in total. The van der Waals surface area contributed by atoms with E-state index < -0.39 is 29.9 Å². The minimum Gasteiger partial charge on any atom is -0.497 e. The summed E-state index contributed by atoms with van der Waals surface area (Å²) in [5, 5.41) is 0. The number of carbonyl (C=O) groups is 2. The lowest BCUT2D eigenvalue weighted by molar-refractivity contribution is -0.192. The van der Waals surface area contributed by atoms with E-state index in [1.165, 1.54) is 14.2 Å². The molecule has 3 atom stereocenters. The molecule has 2 rings (SSSR count). The number of alkyl halides is 1. The Bertz CT molecular complexity index is 575. The highest BCUT2D eigenvalue weighted by molar-refractivity contribution is 9.09. The van der Waals surface area contributed by atoms with Crippen LogP contribution in [0, 0.1) is 0 Å². The number of halogens is 1. The molecule has 0 radical (unpaired) electrons. The van der Waals surface area contributed by atoms with Crippen molar-refractivity contribution in [1.29, 1.82) is 0 Å². The normalized spacial score (nSPS) is 23.4. The summed E-state index contributed by atoms with van der Waals surface area (Å²) in [5.41, 5.74) is 0.619. The van der Waals surface area contributed by atoms with Gasteiger partial charge in [0.1, 0.15) is 5.75 Å². The van der Waals surface area contributed by atoms with Crippen molar-refractivity contribution in [1.82, 2.24) is 0 Å². The quantitative estimate of drug-likeness (QED) is 0.548. The van der Waals surface area contributed by atoms with Gasteiger partial charge in [-0.3, -0.25) is 0 Å². The monoisotopic (exact) mass is 402 g/mol. The maximum absolute atomic E-state index is 12.0. The molecule has 8 heteroatoms. The zero-order valence-corrected chi connectivity index (χ0v) is 15.4.